The van der Waals surface area contributed by atoms with E-state index in [1.807, 2.05) is 0 Å². The highest BCUT2D eigenvalue weighted by atomic mass is 32.2. The van der Waals surface area contributed by atoms with E-state index in [2.05, 4.69) is 4.74 Å². The highest BCUT2D eigenvalue weighted by Gasteiger charge is 2.25. The molecule has 0 aliphatic carbocycles. The van der Waals surface area contributed by atoms with Gasteiger partial charge in [0.25, 0.3) is 0 Å². The maximum atomic E-state index is 13.7. The molecule has 0 atom stereocenters. The third-order valence-electron chi connectivity index (χ3n) is 2.00. The highest BCUT2D eigenvalue weighted by Crippen LogP contribution is 2.30. The van der Waals surface area contributed by atoms with Crippen LogP contribution >= 0.6 is 0 Å². The van der Waals surface area contributed by atoms with Crippen LogP contribution in [-0.2, 0) is 16.4 Å². The third kappa shape index (κ3) is 2.14. The van der Waals surface area contributed by atoms with Gasteiger partial charge in [-0.05, 0) is 6.07 Å². The van der Waals surface area contributed by atoms with Crippen LogP contribution in [0.1, 0.15) is 5.56 Å². The summed E-state index contributed by atoms with van der Waals surface area (Å²) in [6.07, 6.45) is 0.718. The van der Waals surface area contributed by atoms with Gasteiger partial charge in [-0.1, -0.05) is 0 Å². The van der Waals surface area contributed by atoms with Gasteiger partial charge >= 0.3 is 0 Å². The predicted molar refractivity (Wildman–Crippen MR) is 53.9 cm³/mol. The lowest BCUT2D eigenvalue weighted by Gasteiger charge is -2.11. The lowest BCUT2D eigenvalue weighted by molar-refractivity contribution is 0.370. The summed E-state index contributed by atoms with van der Waals surface area (Å²) < 4.78 is 54.1. The van der Waals surface area contributed by atoms with Gasteiger partial charge in [0.15, 0.2) is 21.4 Å². The summed E-state index contributed by atoms with van der Waals surface area (Å²) in [6.45, 7) is -0.152. The van der Waals surface area contributed by atoms with E-state index in [4.69, 9.17) is 5.73 Å². The zero-order valence-corrected chi connectivity index (χ0v) is 9.57. The van der Waals surface area contributed by atoms with Gasteiger partial charge in [-0.2, -0.15) is 0 Å². The second-order valence-corrected chi connectivity index (χ2v) is 5.12. The number of benzene rings is 1. The van der Waals surface area contributed by atoms with E-state index in [0.29, 0.717) is 0 Å². The van der Waals surface area contributed by atoms with Crippen LogP contribution < -0.4 is 10.5 Å². The Morgan fingerprint density at radius 3 is 2.38 bits per heavy atom. The number of hydrogen-bond acceptors (Lipinski definition) is 4. The number of nitrogens with two attached hydrogens (primary N) is 1. The molecule has 1 rings (SSSR count). The van der Waals surface area contributed by atoms with Gasteiger partial charge in [-0.3, -0.25) is 0 Å². The predicted octanol–water partition coefficient (Wildman–Crippen LogP) is 0.836. The summed E-state index contributed by atoms with van der Waals surface area (Å²) in [5.74, 6) is -2.75. The fourth-order valence-electron chi connectivity index (χ4n) is 1.35. The van der Waals surface area contributed by atoms with Crippen LogP contribution in [0.25, 0.3) is 0 Å². The van der Waals surface area contributed by atoms with Crippen LogP contribution in [0.3, 0.4) is 0 Å². The Balaban J connectivity index is 3.67. The van der Waals surface area contributed by atoms with Crippen LogP contribution in [0.5, 0.6) is 5.75 Å². The topological polar surface area (TPSA) is 69.4 Å². The summed E-state index contributed by atoms with van der Waals surface area (Å²) in [6, 6.07) is 0.859. The molecule has 16 heavy (non-hydrogen) atoms. The molecule has 7 heteroatoms. The van der Waals surface area contributed by atoms with Crippen LogP contribution in [0, 0.1) is 11.6 Å². The molecule has 0 unspecified atom stereocenters. The van der Waals surface area contributed by atoms with Crippen molar-refractivity contribution < 1.29 is 21.9 Å². The SMILES string of the molecule is COc1c(CN)cc(F)c(S(C)(=O)=O)c1F. The Hall–Kier alpha value is -1.21. The first-order chi connectivity index (χ1) is 7.32. The lowest BCUT2D eigenvalue weighted by Crippen LogP contribution is -2.10. The van der Waals surface area contributed by atoms with Crippen molar-refractivity contribution in [3.05, 3.63) is 23.3 Å². The number of ether oxygens (including phenoxy) is 1. The molecule has 0 aliphatic heterocycles. The summed E-state index contributed by atoms with van der Waals surface area (Å²) in [5.41, 5.74) is 5.33. The van der Waals surface area contributed by atoms with Crippen molar-refractivity contribution in [3.63, 3.8) is 0 Å². The Bertz CT molecular complexity index is 514. The minimum Gasteiger partial charge on any atom is -0.493 e. The van der Waals surface area contributed by atoms with Gasteiger partial charge in [-0.15, -0.1) is 0 Å². The molecule has 0 amide bonds. The Morgan fingerprint density at radius 1 is 1.44 bits per heavy atom. The minimum atomic E-state index is -3.99. The van der Waals surface area contributed by atoms with Crippen molar-refractivity contribution in [2.24, 2.45) is 5.73 Å². The molecule has 0 radical (unpaired) electrons. The molecular formula is C9H11F2NO3S. The van der Waals surface area contributed by atoms with Crippen LogP contribution in [0.2, 0.25) is 0 Å². The van der Waals surface area contributed by atoms with E-state index in [1.165, 1.54) is 0 Å². The number of halogens is 2. The lowest BCUT2D eigenvalue weighted by atomic mass is 10.2. The molecule has 0 heterocycles. The number of methoxy groups -OCH3 is 1. The maximum absolute atomic E-state index is 13.7. The van der Waals surface area contributed by atoms with Crippen molar-refractivity contribution in [3.8, 4) is 5.75 Å². The van der Waals surface area contributed by atoms with E-state index < -0.39 is 26.4 Å². The molecule has 0 fully saturated rings. The van der Waals surface area contributed by atoms with E-state index in [0.717, 1.165) is 19.4 Å². The van der Waals surface area contributed by atoms with E-state index in [1.54, 1.807) is 0 Å². The Labute approximate surface area is 91.9 Å². The van der Waals surface area contributed by atoms with Crippen LogP contribution in [0.15, 0.2) is 11.0 Å². The largest absolute Gasteiger partial charge is 0.493 e. The van der Waals surface area contributed by atoms with Gasteiger partial charge < -0.3 is 10.5 Å². The molecule has 4 nitrogen and oxygen atoms in total. The molecule has 0 aromatic heterocycles. The number of rotatable bonds is 3. The summed E-state index contributed by atoms with van der Waals surface area (Å²) in [5, 5.41) is 0. The second kappa shape index (κ2) is 4.34. The quantitative estimate of drug-likeness (QED) is 0.864. The van der Waals surface area contributed by atoms with Gasteiger partial charge in [-0.25, -0.2) is 17.2 Å². The third-order valence-corrected chi connectivity index (χ3v) is 3.12. The highest BCUT2D eigenvalue weighted by molar-refractivity contribution is 7.90. The van der Waals surface area contributed by atoms with Crippen molar-refractivity contribution in [2.75, 3.05) is 13.4 Å². The van der Waals surface area contributed by atoms with E-state index in [-0.39, 0.29) is 17.9 Å². The standard InChI is InChI=1S/C9H11F2NO3S/c1-15-8-5(4-12)3-6(10)9(7(8)11)16(2,13)14/h3H,4,12H2,1-2H3. The smallest absolute Gasteiger partial charge is 0.186 e. The number of sulfone groups is 1. The molecule has 0 aliphatic rings. The molecule has 2 N–H and O–H groups in total. The normalized spacial score (nSPS) is 11.6. The first-order valence-electron chi connectivity index (χ1n) is 4.28. The molecule has 0 spiro atoms. The molecular weight excluding hydrogens is 240 g/mol. The minimum absolute atomic E-state index is 0.0740. The summed E-state index contributed by atoms with van der Waals surface area (Å²) in [4.78, 5) is -0.999. The van der Waals surface area contributed by atoms with Crippen molar-refractivity contribution in [1.29, 1.82) is 0 Å². The average molecular weight is 251 g/mol. The Kier molecular flexibility index (Phi) is 3.49. The fourth-order valence-corrected chi connectivity index (χ4v) is 2.18. The molecule has 1 aromatic rings. The summed E-state index contributed by atoms with van der Waals surface area (Å²) >= 11 is 0. The molecule has 1 aromatic carbocycles. The molecule has 0 bridgehead atoms. The van der Waals surface area contributed by atoms with Gasteiger partial charge in [0.2, 0.25) is 0 Å². The zero-order chi connectivity index (χ0) is 12.5. The van der Waals surface area contributed by atoms with E-state index >= 15 is 0 Å². The molecule has 0 saturated heterocycles. The fraction of sp³-hybridized carbons (Fsp3) is 0.333. The first kappa shape index (κ1) is 12.9. The van der Waals surface area contributed by atoms with Gasteiger partial charge in [0.1, 0.15) is 10.7 Å². The second-order valence-electron chi connectivity index (χ2n) is 3.17. The monoisotopic (exact) mass is 251 g/mol. The van der Waals surface area contributed by atoms with Gasteiger partial charge in [0.05, 0.1) is 7.11 Å². The first-order valence-corrected chi connectivity index (χ1v) is 6.17. The molecule has 90 valence electrons. The van der Waals surface area contributed by atoms with Crippen molar-refractivity contribution in [2.45, 2.75) is 11.4 Å². The average Bonchev–Trinajstić information content (AvgIpc) is 2.14. The van der Waals surface area contributed by atoms with E-state index in [9.17, 15) is 17.2 Å². The van der Waals surface area contributed by atoms with Gasteiger partial charge in [0, 0.05) is 18.4 Å². The van der Waals surface area contributed by atoms with Crippen LogP contribution in [0.4, 0.5) is 8.78 Å². The Morgan fingerprint density at radius 2 is 2.00 bits per heavy atom. The van der Waals surface area contributed by atoms with Crippen molar-refractivity contribution in [1.82, 2.24) is 0 Å². The molecule has 0 saturated carbocycles. The van der Waals surface area contributed by atoms with Crippen molar-refractivity contribution >= 4 is 9.84 Å². The summed E-state index contributed by atoms with van der Waals surface area (Å²) in [7, 11) is -2.84. The van der Waals surface area contributed by atoms with Crippen LogP contribution in [-0.4, -0.2) is 21.8 Å². The maximum Gasteiger partial charge on any atom is 0.186 e. The zero-order valence-electron chi connectivity index (χ0n) is 8.75. The number of hydrogen-bond donors (Lipinski definition) is 1.